The molecule has 40 heavy (non-hydrogen) atoms. The third-order valence-electron chi connectivity index (χ3n) is 7.30. The van der Waals surface area contributed by atoms with E-state index in [2.05, 4.69) is 0 Å². The van der Waals surface area contributed by atoms with Crippen molar-refractivity contribution in [2.45, 2.75) is 44.7 Å². The second-order valence-electron chi connectivity index (χ2n) is 9.81. The molecule has 3 aromatic carbocycles. The van der Waals surface area contributed by atoms with Crippen LogP contribution in [0.5, 0.6) is 17.2 Å². The van der Waals surface area contributed by atoms with Gasteiger partial charge in [-0.25, -0.2) is 4.79 Å². The fourth-order valence-corrected chi connectivity index (χ4v) is 5.22. The molecular weight excluding hydrogens is 528 g/mol. The second-order valence-corrected chi connectivity index (χ2v) is 9.81. The molecule has 3 aliphatic heterocycles. The number of rotatable bonds is 7. The molecule has 0 spiro atoms. The molecule has 0 bridgehead atoms. The van der Waals surface area contributed by atoms with Crippen LogP contribution in [-0.2, 0) is 38.8 Å². The van der Waals surface area contributed by atoms with Crippen molar-refractivity contribution in [1.82, 2.24) is 0 Å². The van der Waals surface area contributed by atoms with Crippen LogP contribution in [0.25, 0.3) is 21.9 Å². The smallest absolute Gasteiger partial charge is 0.339 e. The zero-order chi connectivity index (χ0) is 28.2. The molecule has 1 unspecified atom stereocenters. The van der Waals surface area contributed by atoms with Crippen LogP contribution < -0.4 is 14.2 Å². The molecule has 12 nitrogen and oxygen atoms in total. The molecule has 3 heterocycles. The van der Waals surface area contributed by atoms with Crippen molar-refractivity contribution in [2.75, 3.05) is 20.0 Å². The number of fused-ring (bicyclic) bond motifs is 3. The highest BCUT2D eigenvalue weighted by Crippen LogP contribution is 2.48. The lowest BCUT2D eigenvalue weighted by molar-refractivity contribution is -0.156. The summed E-state index contributed by atoms with van der Waals surface area (Å²) in [5.74, 6) is -0.0555. The Morgan fingerprint density at radius 1 is 1.02 bits per heavy atom. The predicted octanol–water partition coefficient (Wildman–Crippen LogP) is 1.28. The van der Waals surface area contributed by atoms with Crippen LogP contribution in [0.2, 0.25) is 0 Å². The van der Waals surface area contributed by atoms with Crippen LogP contribution >= 0.6 is 0 Å². The summed E-state index contributed by atoms with van der Waals surface area (Å²) in [7, 11) is 0. The summed E-state index contributed by atoms with van der Waals surface area (Å²) in [5.41, 5.74) is 0.625. The number of carbonyl (C=O) groups excluding carboxylic acids is 2. The fraction of sp³-hybridized carbons (Fsp3) is 0.357. The summed E-state index contributed by atoms with van der Waals surface area (Å²) >= 11 is 0. The number of ether oxygens (including phenoxy) is 6. The Labute approximate surface area is 227 Å². The number of aliphatic hydroxyl groups excluding tert-OH is 3. The maximum Gasteiger partial charge on any atom is 0.339 e. The van der Waals surface area contributed by atoms with Crippen molar-refractivity contribution in [1.29, 1.82) is 0 Å². The van der Waals surface area contributed by atoms with Gasteiger partial charge in [0.2, 0.25) is 13.1 Å². The van der Waals surface area contributed by atoms with Crippen molar-refractivity contribution in [2.24, 2.45) is 0 Å². The van der Waals surface area contributed by atoms with E-state index in [0.29, 0.717) is 50.1 Å². The minimum absolute atomic E-state index is 0.0640. The van der Waals surface area contributed by atoms with Crippen molar-refractivity contribution in [3.8, 4) is 28.4 Å². The van der Waals surface area contributed by atoms with E-state index < -0.39 is 36.5 Å². The Morgan fingerprint density at radius 3 is 2.48 bits per heavy atom. The van der Waals surface area contributed by atoms with E-state index in [1.807, 2.05) is 0 Å². The van der Waals surface area contributed by atoms with E-state index in [9.17, 15) is 30.0 Å². The summed E-state index contributed by atoms with van der Waals surface area (Å²) in [6.45, 7) is -0.566. The molecule has 0 aromatic heterocycles. The first-order valence-corrected chi connectivity index (χ1v) is 12.5. The third kappa shape index (κ3) is 4.21. The van der Waals surface area contributed by atoms with Gasteiger partial charge in [-0.2, -0.15) is 0 Å². The van der Waals surface area contributed by atoms with Crippen LogP contribution in [0.15, 0.2) is 30.3 Å². The Hall–Kier alpha value is -3.94. The molecule has 3 aliphatic rings. The fourth-order valence-electron chi connectivity index (χ4n) is 5.22. The van der Waals surface area contributed by atoms with Gasteiger partial charge in [0.15, 0.2) is 23.2 Å². The molecule has 4 N–H and O–H groups in total. The minimum atomic E-state index is -1.92. The van der Waals surface area contributed by atoms with Gasteiger partial charge in [0.05, 0.1) is 25.4 Å². The van der Waals surface area contributed by atoms with Gasteiger partial charge in [0.25, 0.3) is 0 Å². The van der Waals surface area contributed by atoms with Gasteiger partial charge in [-0.05, 0) is 46.3 Å². The van der Waals surface area contributed by atoms with E-state index in [4.69, 9.17) is 28.4 Å². The Morgan fingerprint density at radius 2 is 1.75 bits per heavy atom. The molecular formula is C28H26O12. The summed E-state index contributed by atoms with van der Waals surface area (Å²) in [6, 6.07) is 8.51. The molecule has 1 saturated heterocycles. The maximum atomic E-state index is 13.1. The number of esters is 2. The van der Waals surface area contributed by atoms with Gasteiger partial charge in [-0.3, -0.25) is 4.79 Å². The molecule has 0 radical (unpaired) electrons. The monoisotopic (exact) mass is 554 g/mol. The SMILES string of the molecule is CC(=O)OC[C@]1(O)CO[C@@H](Oc2c3c(c(-c4ccc5c(c4)OCO5)c4cc(CO)c(CO)cc24)C(=O)OC3)C1O. The van der Waals surface area contributed by atoms with Crippen molar-refractivity contribution in [3.63, 3.8) is 0 Å². The normalized spacial score (nSPS) is 22.9. The van der Waals surface area contributed by atoms with Crippen molar-refractivity contribution in [3.05, 3.63) is 52.6 Å². The quantitative estimate of drug-likeness (QED) is 0.309. The van der Waals surface area contributed by atoms with Crippen LogP contribution in [-0.4, -0.2) is 70.4 Å². The Bertz CT molecular complexity index is 1530. The lowest BCUT2D eigenvalue weighted by Crippen LogP contribution is -2.49. The van der Waals surface area contributed by atoms with Gasteiger partial charge in [-0.1, -0.05) is 6.07 Å². The molecule has 3 aromatic rings. The highest BCUT2D eigenvalue weighted by molar-refractivity contribution is 6.13. The topological polar surface area (TPSA) is 170 Å². The van der Waals surface area contributed by atoms with E-state index in [0.717, 1.165) is 0 Å². The van der Waals surface area contributed by atoms with Crippen LogP contribution in [0.1, 0.15) is 34.0 Å². The van der Waals surface area contributed by atoms with Crippen LogP contribution in [0, 0.1) is 0 Å². The maximum absolute atomic E-state index is 13.1. The first-order valence-electron chi connectivity index (χ1n) is 12.5. The van der Waals surface area contributed by atoms with E-state index in [-0.39, 0.29) is 44.5 Å². The van der Waals surface area contributed by atoms with Gasteiger partial charge >= 0.3 is 11.9 Å². The summed E-state index contributed by atoms with van der Waals surface area (Å²) in [5, 5.41) is 42.7. The zero-order valence-corrected chi connectivity index (χ0v) is 21.3. The number of benzene rings is 3. The number of aliphatic hydroxyl groups is 4. The number of carbonyl (C=O) groups is 2. The predicted molar refractivity (Wildman–Crippen MR) is 134 cm³/mol. The van der Waals surface area contributed by atoms with E-state index >= 15 is 0 Å². The molecule has 0 aliphatic carbocycles. The minimum Gasteiger partial charge on any atom is -0.463 e. The van der Waals surface area contributed by atoms with Gasteiger partial charge < -0.3 is 48.8 Å². The van der Waals surface area contributed by atoms with Crippen LogP contribution in [0.4, 0.5) is 0 Å². The Kier molecular flexibility index (Phi) is 6.51. The summed E-state index contributed by atoms with van der Waals surface area (Å²) in [4.78, 5) is 24.4. The average molecular weight is 555 g/mol. The van der Waals surface area contributed by atoms with E-state index in [1.54, 1.807) is 30.3 Å². The highest BCUT2D eigenvalue weighted by Gasteiger charge is 2.51. The average Bonchev–Trinajstić information content (AvgIpc) is 3.65. The zero-order valence-electron chi connectivity index (χ0n) is 21.3. The molecule has 6 rings (SSSR count). The molecule has 0 saturated carbocycles. The van der Waals surface area contributed by atoms with Crippen LogP contribution in [0.3, 0.4) is 0 Å². The first-order chi connectivity index (χ1) is 19.2. The summed E-state index contributed by atoms with van der Waals surface area (Å²) in [6.07, 6.45) is -3.01. The third-order valence-corrected chi connectivity index (χ3v) is 7.30. The summed E-state index contributed by atoms with van der Waals surface area (Å²) < 4.78 is 33.0. The number of hydrogen-bond acceptors (Lipinski definition) is 12. The van der Waals surface area contributed by atoms with E-state index in [1.165, 1.54) is 6.92 Å². The molecule has 3 atom stereocenters. The number of hydrogen-bond donors (Lipinski definition) is 4. The molecule has 0 amide bonds. The lowest BCUT2D eigenvalue weighted by Gasteiger charge is -2.26. The van der Waals surface area contributed by atoms with Gasteiger partial charge in [0.1, 0.15) is 19.0 Å². The largest absolute Gasteiger partial charge is 0.463 e. The van der Waals surface area contributed by atoms with Gasteiger partial charge in [0, 0.05) is 23.4 Å². The first kappa shape index (κ1) is 26.3. The molecule has 1 fully saturated rings. The number of cyclic esters (lactones) is 1. The van der Waals surface area contributed by atoms with Crippen molar-refractivity contribution < 1.29 is 58.4 Å². The molecule has 210 valence electrons. The van der Waals surface area contributed by atoms with Gasteiger partial charge in [-0.15, -0.1) is 0 Å². The lowest BCUT2D eigenvalue weighted by atomic mass is 9.87. The molecule has 12 heteroatoms. The van der Waals surface area contributed by atoms with Crippen molar-refractivity contribution >= 4 is 22.7 Å². The second kappa shape index (κ2) is 9.91. The highest BCUT2D eigenvalue weighted by atomic mass is 16.7. The standard InChI is InChI=1S/C28H26O12/c1-13(31)36-10-28(34)11-37-27(25(28)32)40-24-18-5-16(8-30)15(7-29)4-17(18)22(23-19(24)9-35-26(23)33)14-2-3-20-21(6-14)39-12-38-20/h2-6,25,27,29-30,32,34H,7-12H2,1H3/t25?,27-,28-/m0/s1. The Balaban J connectivity index is 1.53.